The Hall–Kier alpha value is -1.88. The van der Waals surface area contributed by atoms with Gasteiger partial charge in [-0.25, -0.2) is 9.18 Å². The van der Waals surface area contributed by atoms with Gasteiger partial charge in [-0.2, -0.15) is 0 Å². The summed E-state index contributed by atoms with van der Waals surface area (Å²) in [6, 6.07) is 13.7. The molecule has 1 saturated heterocycles. The second-order valence-corrected chi connectivity index (χ2v) is 6.17. The van der Waals surface area contributed by atoms with Crippen molar-refractivity contribution in [3.05, 3.63) is 64.4 Å². The zero-order valence-corrected chi connectivity index (χ0v) is 13.5. The fourth-order valence-corrected chi connectivity index (χ4v) is 3.20. The van der Waals surface area contributed by atoms with Gasteiger partial charge in [-0.1, -0.05) is 24.3 Å². The van der Waals surface area contributed by atoms with Gasteiger partial charge in [0.1, 0.15) is 5.82 Å². The van der Waals surface area contributed by atoms with Crippen molar-refractivity contribution in [2.24, 2.45) is 0 Å². The maximum Gasteiger partial charge on any atom is 0.322 e. The Morgan fingerprint density at radius 2 is 2.05 bits per heavy atom. The Kier molecular flexibility index (Phi) is 4.43. The minimum absolute atomic E-state index is 0.0711. The number of hydrogen-bond donors (Lipinski definition) is 1. The molecule has 1 unspecified atom stereocenters. The maximum atomic E-state index is 13.4. The van der Waals surface area contributed by atoms with Gasteiger partial charge in [-0.05, 0) is 58.6 Å². The number of carbonyl (C=O) groups is 1. The summed E-state index contributed by atoms with van der Waals surface area (Å²) in [5.41, 5.74) is 1.58. The van der Waals surface area contributed by atoms with Gasteiger partial charge in [0.15, 0.2) is 0 Å². The third kappa shape index (κ3) is 3.14. The first-order valence-electron chi connectivity index (χ1n) is 7.23. The molecule has 0 aromatic heterocycles. The standard InChI is InChI=1S/C17H16BrFN2O/c18-14-7-1-2-8-15(14)20-17(22)21-10-4-9-16(21)12-5-3-6-13(19)11-12/h1-3,5-8,11,16H,4,9-10H2,(H,20,22). The number of likely N-dealkylation sites (tertiary alicyclic amines) is 1. The summed E-state index contributed by atoms with van der Waals surface area (Å²) in [7, 11) is 0. The van der Waals surface area contributed by atoms with Crippen LogP contribution in [0.15, 0.2) is 53.0 Å². The monoisotopic (exact) mass is 362 g/mol. The summed E-state index contributed by atoms with van der Waals surface area (Å²) in [6.07, 6.45) is 1.78. The third-order valence-corrected chi connectivity index (χ3v) is 4.55. The van der Waals surface area contributed by atoms with E-state index in [0.717, 1.165) is 28.6 Å². The number of para-hydroxylation sites is 1. The van der Waals surface area contributed by atoms with Gasteiger partial charge in [0, 0.05) is 11.0 Å². The Bertz CT molecular complexity index is 692. The minimum atomic E-state index is -0.268. The Balaban J connectivity index is 1.78. The van der Waals surface area contributed by atoms with Crippen molar-refractivity contribution in [1.82, 2.24) is 4.90 Å². The van der Waals surface area contributed by atoms with Gasteiger partial charge >= 0.3 is 6.03 Å². The van der Waals surface area contributed by atoms with Gasteiger partial charge in [0.2, 0.25) is 0 Å². The van der Waals surface area contributed by atoms with E-state index in [4.69, 9.17) is 0 Å². The van der Waals surface area contributed by atoms with Crippen LogP contribution in [0.1, 0.15) is 24.4 Å². The fourth-order valence-electron chi connectivity index (χ4n) is 2.82. The van der Waals surface area contributed by atoms with E-state index < -0.39 is 0 Å². The van der Waals surface area contributed by atoms with Crippen molar-refractivity contribution in [1.29, 1.82) is 0 Å². The zero-order valence-electron chi connectivity index (χ0n) is 11.9. The second kappa shape index (κ2) is 6.48. The second-order valence-electron chi connectivity index (χ2n) is 5.32. The highest BCUT2D eigenvalue weighted by Crippen LogP contribution is 2.33. The SMILES string of the molecule is O=C(Nc1ccccc1Br)N1CCCC1c1cccc(F)c1. The molecule has 114 valence electrons. The number of halogens is 2. The molecular formula is C17H16BrFN2O. The van der Waals surface area contributed by atoms with Crippen molar-refractivity contribution < 1.29 is 9.18 Å². The van der Waals surface area contributed by atoms with Crippen molar-refractivity contribution in [3.63, 3.8) is 0 Å². The molecule has 3 rings (SSSR count). The lowest BCUT2D eigenvalue weighted by molar-refractivity contribution is 0.207. The summed E-state index contributed by atoms with van der Waals surface area (Å²) >= 11 is 3.42. The summed E-state index contributed by atoms with van der Waals surface area (Å²) in [4.78, 5) is 14.3. The van der Waals surface area contributed by atoms with Crippen molar-refractivity contribution in [3.8, 4) is 0 Å². The molecule has 0 aliphatic carbocycles. The van der Waals surface area contributed by atoms with E-state index in [1.165, 1.54) is 12.1 Å². The lowest BCUT2D eigenvalue weighted by Gasteiger charge is -2.25. The van der Waals surface area contributed by atoms with Crippen LogP contribution in [-0.2, 0) is 0 Å². The average molecular weight is 363 g/mol. The summed E-state index contributed by atoms with van der Waals surface area (Å²) < 4.78 is 14.3. The molecule has 0 radical (unpaired) electrons. The first kappa shape index (κ1) is 15.0. The highest BCUT2D eigenvalue weighted by atomic mass is 79.9. The summed E-state index contributed by atoms with van der Waals surface area (Å²) in [5, 5.41) is 2.91. The molecule has 0 bridgehead atoms. The maximum absolute atomic E-state index is 13.4. The van der Waals surface area contributed by atoms with E-state index in [1.54, 1.807) is 11.0 Å². The third-order valence-electron chi connectivity index (χ3n) is 3.86. The van der Waals surface area contributed by atoms with Crippen LogP contribution in [0.5, 0.6) is 0 Å². The van der Waals surface area contributed by atoms with E-state index in [0.29, 0.717) is 6.54 Å². The molecule has 0 saturated carbocycles. The normalized spacial score (nSPS) is 17.5. The van der Waals surface area contributed by atoms with Gasteiger partial charge in [-0.3, -0.25) is 0 Å². The molecule has 1 aliphatic heterocycles. The predicted molar refractivity (Wildman–Crippen MR) is 88.2 cm³/mol. The Morgan fingerprint density at radius 3 is 2.82 bits per heavy atom. The molecule has 3 nitrogen and oxygen atoms in total. The smallest absolute Gasteiger partial charge is 0.317 e. The predicted octanol–water partition coefficient (Wildman–Crippen LogP) is 4.96. The number of nitrogens with zero attached hydrogens (tertiary/aromatic N) is 1. The first-order valence-corrected chi connectivity index (χ1v) is 8.02. The number of anilines is 1. The van der Waals surface area contributed by atoms with E-state index >= 15 is 0 Å². The van der Waals surface area contributed by atoms with Gasteiger partial charge in [-0.15, -0.1) is 0 Å². The lowest BCUT2D eigenvalue weighted by atomic mass is 10.0. The fraction of sp³-hybridized carbons (Fsp3) is 0.235. The van der Waals surface area contributed by atoms with Gasteiger partial charge in [0.25, 0.3) is 0 Å². The molecular weight excluding hydrogens is 347 g/mol. The number of amides is 2. The molecule has 2 aromatic carbocycles. The molecule has 1 heterocycles. The lowest BCUT2D eigenvalue weighted by Crippen LogP contribution is -2.34. The van der Waals surface area contributed by atoms with Crippen LogP contribution < -0.4 is 5.32 Å². The summed E-state index contributed by atoms with van der Waals surface area (Å²) in [6.45, 7) is 0.678. The molecule has 1 atom stereocenters. The molecule has 5 heteroatoms. The van der Waals surface area contributed by atoms with Crippen LogP contribution in [0, 0.1) is 5.82 Å². The van der Waals surface area contributed by atoms with Crippen LogP contribution in [0.4, 0.5) is 14.9 Å². The zero-order chi connectivity index (χ0) is 15.5. The van der Waals surface area contributed by atoms with Crippen molar-refractivity contribution in [2.75, 3.05) is 11.9 Å². The molecule has 1 N–H and O–H groups in total. The largest absolute Gasteiger partial charge is 0.322 e. The van der Waals surface area contributed by atoms with Crippen LogP contribution in [0.25, 0.3) is 0 Å². The first-order chi connectivity index (χ1) is 10.6. The number of urea groups is 1. The number of hydrogen-bond acceptors (Lipinski definition) is 1. The number of nitrogens with one attached hydrogen (secondary N) is 1. The van der Waals surface area contributed by atoms with Crippen molar-refractivity contribution >= 4 is 27.6 Å². The van der Waals surface area contributed by atoms with E-state index in [2.05, 4.69) is 21.2 Å². The number of rotatable bonds is 2. The molecule has 2 amide bonds. The molecule has 0 spiro atoms. The average Bonchev–Trinajstić information content (AvgIpc) is 2.99. The van der Waals surface area contributed by atoms with Gasteiger partial charge in [0.05, 0.1) is 11.7 Å². The van der Waals surface area contributed by atoms with E-state index in [-0.39, 0.29) is 17.9 Å². The Morgan fingerprint density at radius 1 is 1.23 bits per heavy atom. The topological polar surface area (TPSA) is 32.3 Å². The van der Waals surface area contributed by atoms with E-state index in [9.17, 15) is 9.18 Å². The Labute approximate surface area is 137 Å². The molecule has 2 aromatic rings. The number of carbonyl (C=O) groups excluding carboxylic acids is 1. The molecule has 22 heavy (non-hydrogen) atoms. The quantitative estimate of drug-likeness (QED) is 0.804. The number of benzene rings is 2. The van der Waals surface area contributed by atoms with Crippen LogP contribution in [-0.4, -0.2) is 17.5 Å². The van der Waals surface area contributed by atoms with Crippen LogP contribution in [0.3, 0.4) is 0 Å². The molecule has 1 aliphatic rings. The highest BCUT2D eigenvalue weighted by molar-refractivity contribution is 9.10. The van der Waals surface area contributed by atoms with Crippen LogP contribution in [0.2, 0.25) is 0 Å². The van der Waals surface area contributed by atoms with E-state index in [1.807, 2.05) is 30.3 Å². The summed E-state index contributed by atoms with van der Waals surface area (Å²) in [5.74, 6) is -0.268. The highest BCUT2D eigenvalue weighted by Gasteiger charge is 2.30. The van der Waals surface area contributed by atoms with Crippen LogP contribution >= 0.6 is 15.9 Å². The van der Waals surface area contributed by atoms with Crippen molar-refractivity contribution in [2.45, 2.75) is 18.9 Å². The molecule has 1 fully saturated rings. The minimum Gasteiger partial charge on any atom is -0.317 e. The van der Waals surface area contributed by atoms with Gasteiger partial charge < -0.3 is 10.2 Å².